The molecule has 0 spiro atoms. The minimum Gasteiger partial charge on any atom is -0.481 e. The molecule has 2 aliphatic rings. The third-order valence-corrected chi connectivity index (χ3v) is 5.64. The quantitative estimate of drug-likeness (QED) is 0.525. The van der Waals surface area contributed by atoms with Crippen LogP contribution < -0.4 is 20.3 Å². The van der Waals surface area contributed by atoms with Gasteiger partial charge in [0.15, 0.2) is 6.29 Å². The number of methoxy groups -OCH3 is 1. The molecule has 0 radical (unpaired) electrons. The highest BCUT2D eigenvalue weighted by Crippen LogP contribution is 2.30. The molecule has 0 bridgehead atoms. The summed E-state index contributed by atoms with van der Waals surface area (Å²) in [5.74, 6) is 0.301. The molecule has 0 saturated carbocycles. The van der Waals surface area contributed by atoms with Crippen LogP contribution in [0, 0.1) is 0 Å². The van der Waals surface area contributed by atoms with Crippen molar-refractivity contribution >= 4 is 28.7 Å². The van der Waals surface area contributed by atoms with E-state index in [1.54, 1.807) is 19.4 Å². The van der Waals surface area contributed by atoms with Crippen LogP contribution in [0.5, 0.6) is 5.88 Å². The summed E-state index contributed by atoms with van der Waals surface area (Å²) >= 11 is 0. The van der Waals surface area contributed by atoms with Crippen LogP contribution in [-0.2, 0) is 19.0 Å². The molecule has 1 amide bonds. The Bertz CT molecular complexity index is 912. The molecule has 178 valence electrons. The number of hydrogen-bond donors (Lipinski definition) is 2. The summed E-state index contributed by atoms with van der Waals surface area (Å²) in [6.07, 6.45) is 5.01. The zero-order chi connectivity index (χ0) is 23.0. The van der Waals surface area contributed by atoms with Gasteiger partial charge in [-0.15, -0.1) is 0 Å². The van der Waals surface area contributed by atoms with Gasteiger partial charge in [-0.1, -0.05) is 0 Å². The maximum absolute atomic E-state index is 11.5. The molecular formula is C24H32N4O5. The lowest BCUT2D eigenvalue weighted by molar-refractivity contribution is -0.171. The molecule has 1 atom stereocenters. The Hall–Kier alpha value is -2.88. The van der Waals surface area contributed by atoms with E-state index in [1.165, 1.54) is 13.3 Å². The van der Waals surface area contributed by atoms with Gasteiger partial charge >= 0.3 is 0 Å². The van der Waals surface area contributed by atoms with E-state index in [-0.39, 0.29) is 18.3 Å². The predicted molar refractivity (Wildman–Crippen MR) is 126 cm³/mol. The zero-order valence-electron chi connectivity index (χ0n) is 19.2. The first-order valence-corrected chi connectivity index (χ1v) is 11.4. The van der Waals surface area contributed by atoms with Gasteiger partial charge in [-0.05, 0) is 43.5 Å². The van der Waals surface area contributed by atoms with Gasteiger partial charge < -0.3 is 34.5 Å². The molecule has 9 nitrogen and oxygen atoms in total. The minimum atomic E-state index is -0.163. The minimum absolute atomic E-state index is 0.0603. The number of ether oxygens (including phenoxy) is 4. The van der Waals surface area contributed by atoms with E-state index in [0.717, 1.165) is 43.9 Å². The van der Waals surface area contributed by atoms with E-state index in [9.17, 15) is 4.79 Å². The van der Waals surface area contributed by atoms with Gasteiger partial charge in [0.05, 0.1) is 44.0 Å². The van der Waals surface area contributed by atoms with Gasteiger partial charge in [0.2, 0.25) is 11.8 Å². The first-order valence-electron chi connectivity index (χ1n) is 11.4. The topological polar surface area (TPSA) is 94.2 Å². The van der Waals surface area contributed by atoms with E-state index in [1.807, 2.05) is 12.1 Å². The number of benzene rings is 1. The highest BCUT2D eigenvalue weighted by atomic mass is 16.7. The van der Waals surface area contributed by atoms with Crippen molar-refractivity contribution in [2.45, 2.75) is 38.6 Å². The van der Waals surface area contributed by atoms with Gasteiger partial charge in [0.25, 0.3) is 0 Å². The SMILES string of the molecule is COc1cc(Nc2ccc(N3CC(OCCOC4CCCCO4)C3)cc2)c(NC(C)=O)cn1. The molecule has 2 N–H and O–H groups in total. The summed E-state index contributed by atoms with van der Waals surface area (Å²) in [5, 5.41) is 6.10. The number of carbonyl (C=O) groups excluding carboxylic acids is 1. The smallest absolute Gasteiger partial charge is 0.221 e. The van der Waals surface area contributed by atoms with Crippen LogP contribution in [-0.4, -0.2) is 63.3 Å². The van der Waals surface area contributed by atoms with Crippen LogP contribution in [0.4, 0.5) is 22.7 Å². The predicted octanol–water partition coefficient (Wildman–Crippen LogP) is 3.54. The molecule has 2 saturated heterocycles. The third kappa shape index (κ3) is 6.56. The second kappa shape index (κ2) is 11.3. The van der Waals surface area contributed by atoms with Crippen molar-refractivity contribution in [1.82, 2.24) is 4.98 Å². The van der Waals surface area contributed by atoms with Gasteiger partial charge in [-0.2, -0.15) is 0 Å². The van der Waals surface area contributed by atoms with Gasteiger partial charge in [0.1, 0.15) is 0 Å². The molecule has 9 heteroatoms. The maximum Gasteiger partial charge on any atom is 0.221 e. The first kappa shape index (κ1) is 23.3. The largest absolute Gasteiger partial charge is 0.481 e. The highest BCUT2D eigenvalue weighted by Gasteiger charge is 2.27. The van der Waals surface area contributed by atoms with Crippen LogP contribution in [0.25, 0.3) is 0 Å². The monoisotopic (exact) mass is 456 g/mol. The summed E-state index contributed by atoms with van der Waals surface area (Å²) in [5.41, 5.74) is 3.34. The molecule has 1 unspecified atom stereocenters. The summed E-state index contributed by atoms with van der Waals surface area (Å²) in [6, 6.07) is 9.90. The molecule has 33 heavy (non-hydrogen) atoms. The number of rotatable bonds is 10. The summed E-state index contributed by atoms with van der Waals surface area (Å²) in [6.45, 7) is 5.15. The van der Waals surface area contributed by atoms with E-state index in [2.05, 4.69) is 32.7 Å². The average Bonchev–Trinajstić information content (AvgIpc) is 2.80. The summed E-state index contributed by atoms with van der Waals surface area (Å²) < 4.78 is 22.4. The second-order valence-electron chi connectivity index (χ2n) is 8.19. The molecule has 0 aliphatic carbocycles. The molecule has 3 heterocycles. The Labute approximate surface area is 194 Å². The fourth-order valence-electron chi connectivity index (χ4n) is 3.84. The van der Waals surface area contributed by atoms with Crippen LogP contribution in [0.2, 0.25) is 0 Å². The summed E-state index contributed by atoms with van der Waals surface area (Å²) in [4.78, 5) is 17.9. The maximum atomic E-state index is 11.5. The number of amides is 1. The molecule has 4 rings (SSSR count). The zero-order valence-corrected chi connectivity index (χ0v) is 19.2. The Morgan fingerprint density at radius 2 is 1.94 bits per heavy atom. The van der Waals surface area contributed by atoms with Gasteiger partial charge in [-0.25, -0.2) is 4.98 Å². The molecule has 2 aliphatic heterocycles. The number of carbonyl (C=O) groups is 1. The van der Waals surface area contributed by atoms with E-state index >= 15 is 0 Å². The van der Waals surface area contributed by atoms with E-state index in [4.69, 9.17) is 18.9 Å². The van der Waals surface area contributed by atoms with Crippen molar-refractivity contribution in [2.24, 2.45) is 0 Å². The first-order chi connectivity index (χ1) is 16.1. The number of hydrogen-bond acceptors (Lipinski definition) is 8. The fourth-order valence-corrected chi connectivity index (χ4v) is 3.84. The Kier molecular flexibility index (Phi) is 7.98. The fraction of sp³-hybridized carbons (Fsp3) is 0.500. The molecule has 1 aromatic heterocycles. The van der Waals surface area contributed by atoms with Crippen molar-refractivity contribution in [3.8, 4) is 5.88 Å². The lowest BCUT2D eigenvalue weighted by atomic mass is 10.1. The van der Waals surface area contributed by atoms with E-state index < -0.39 is 0 Å². The van der Waals surface area contributed by atoms with Crippen molar-refractivity contribution in [3.05, 3.63) is 36.5 Å². The Morgan fingerprint density at radius 3 is 2.64 bits per heavy atom. The standard InChI is InChI=1S/C24H32N4O5/c1-17(29)26-22-14-25-23(30-2)13-21(22)27-18-6-8-19(9-7-18)28-15-20(16-28)31-11-12-33-24-5-3-4-10-32-24/h6-9,13-14,20,24H,3-5,10-12,15-16H2,1-2H3,(H,25,27)(H,26,29). The van der Waals surface area contributed by atoms with Crippen LogP contribution in [0.1, 0.15) is 26.2 Å². The van der Waals surface area contributed by atoms with Crippen LogP contribution in [0.15, 0.2) is 36.5 Å². The van der Waals surface area contributed by atoms with Crippen molar-refractivity contribution in [2.75, 3.05) is 55.6 Å². The molecule has 2 fully saturated rings. The van der Waals surface area contributed by atoms with Gasteiger partial charge in [0, 0.05) is 44.1 Å². The highest BCUT2D eigenvalue weighted by molar-refractivity contribution is 5.93. The normalized spacial score (nSPS) is 18.5. The number of nitrogens with one attached hydrogen (secondary N) is 2. The summed E-state index contributed by atoms with van der Waals surface area (Å²) in [7, 11) is 1.56. The van der Waals surface area contributed by atoms with Crippen LogP contribution in [0.3, 0.4) is 0 Å². The number of aromatic nitrogens is 1. The number of pyridine rings is 1. The lowest BCUT2D eigenvalue weighted by Crippen LogP contribution is -2.52. The van der Waals surface area contributed by atoms with Gasteiger partial charge in [-0.3, -0.25) is 4.79 Å². The number of nitrogens with zero attached hydrogens (tertiary/aromatic N) is 2. The second-order valence-corrected chi connectivity index (χ2v) is 8.19. The van der Waals surface area contributed by atoms with E-state index in [0.29, 0.717) is 30.5 Å². The Morgan fingerprint density at radius 1 is 1.15 bits per heavy atom. The average molecular weight is 457 g/mol. The van der Waals surface area contributed by atoms with Crippen molar-refractivity contribution in [3.63, 3.8) is 0 Å². The lowest BCUT2D eigenvalue weighted by Gasteiger charge is -2.40. The molecule has 2 aromatic rings. The van der Waals surface area contributed by atoms with Crippen molar-refractivity contribution < 1.29 is 23.7 Å². The number of anilines is 4. The Balaban J connectivity index is 1.23. The third-order valence-electron chi connectivity index (χ3n) is 5.64. The molecule has 1 aromatic carbocycles. The molecular weight excluding hydrogens is 424 g/mol. The van der Waals surface area contributed by atoms with Crippen molar-refractivity contribution in [1.29, 1.82) is 0 Å². The van der Waals surface area contributed by atoms with Crippen LogP contribution >= 0.6 is 0 Å².